The molecule has 5 rings (SSSR count). The van der Waals surface area contributed by atoms with Crippen molar-refractivity contribution in [2.75, 3.05) is 5.32 Å². The van der Waals surface area contributed by atoms with Crippen LogP contribution in [0, 0.1) is 17.2 Å². The highest BCUT2D eigenvalue weighted by atomic mass is 35.5. The molecule has 0 saturated heterocycles. The number of nitriles is 1. The molecule has 0 bridgehead atoms. The molecule has 176 valence electrons. The first-order valence-electron chi connectivity index (χ1n) is 11.8. The average molecular weight is 485 g/mol. The van der Waals surface area contributed by atoms with Crippen LogP contribution in [0.1, 0.15) is 54.7 Å². The highest BCUT2D eigenvalue weighted by Crippen LogP contribution is 2.31. The molecule has 7 nitrogen and oxygen atoms in total. The normalized spacial score (nSPS) is 14.3. The van der Waals surface area contributed by atoms with Crippen molar-refractivity contribution in [1.29, 1.82) is 5.26 Å². The standard InChI is InChI=1S/C27H25ClN6O/c1-17(27-31-9-3-10-32-27)33-23-14-25(35)34(16-18-4-2-5-18)24-7-6-19(13-21(23)24)12-20-8-11-30-26(28)22(20)15-29/h3,6-11,13-14,17-18,33H,2,4-5,12,16H2,1H3. The van der Waals surface area contributed by atoms with Gasteiger partial charge in [-0.15, -0.1) is 0 Å². The minimum Gasteiger partial charge on any atom is -0.375 e. The number of aromatic nitrogens is 4. The average Bonchev–Trinajstić information content (AvgIpc) is 2.83. The van der Waals surface area contributed by atoms with Gasteiger partial charge in [0.2, 0.25) is 0 Å². The Morgan fingerprint density at radius 2 is 1.97 bits per heavy atom. The summed E-state index contributed by atoms with van der Waals surface area (Å²) in [5, 5.41) is 14.2. The Morgan fingerprint density at radius 3 is 2.69 bits per heavy atom. The number of rotatable bonds is 7. The molecule has 1 fully saturated rings. The first kappa shape index (κ1) is 23.0. The molecule has 35 heavy (non-hydrogen) atoms. The molecule has 3 aromatic heterocycles. The summed E-state index contributed by atoms with van der Waals surface area (Å²) in [6.45, 7) is 2.70. The molecule has 0 amide bonds. The van der Waals surface area contributed by atoms with Gasteiger partial charge in [0.25, 0.3) is 5.56 Å². The van der Waals surface area contributed by atoms with Gasteiger partial charge in [0, 0.05) is 42.3 Å². The molecule has 1 aliphatic carbocycles. The number of anilines is 1. The van der Waals surface area contributed by atoms with Crippen LogP contribution in [-0.4, -0.2) is 19.5 Å². The second-order valence-electron chi connectivity index (χ2n) is 9.05. The van der Waals surface area contributed by atoms with Gasteiger partial charge in [-0.2, -0.15) is 5.26 Å². The zero-order chi connectivity index (χ0) is 24.4. The number of nitrogens with zero attached hydrogens (tertiary/aromatic N) is 5. The molecule has 1 aromatic carbocycles. The van der Waals surface area contributed by atoms with Crippen LogP contribution < -0.4 is 10.9 Å². The lowest BCUT2D eigenvalue weighted by molar-refractivity contribution is 0.277. The predicted molar refractivity (Wildman–Crippen MR) is 136 cm³/mol. The maximum Gasteiger partial charge on any atom is 0.253 e. The van der Waals surface area contributed by atoms with Crippen LogP contribution in [0.4, 0.5) is 5.69 Å². The van der Waals surface area contributed by atoms with Crippen LogP contribution in [0.25, 0.3) is 10.9 Å². The van der Waals surface area contributed by atoms with Gasteiger partial charge in [-0.3, -0.25) is 4.79 Å². The lowest BCUT2D eigenvalue weighted by Gasteiger charge is -2.27. The molecule has 1 unspecified atom stereocenters. The van der Waals surface area contributed by atoms with Crippen LogP contribution in [0.2, 0.25) is 5.15 Å². The Labute approximate surface area is 208 Å². The van der Waals surface area contributed by atoms with Gasteiger partial charge >= 0.3 is 0 Å². The van der Waals surface area contributed by atoms with Crippen molar-refractivity contribution >= 4 is 28.2 Å². The van der Waals surface area contributed by atoms with E-state index in [2.05, 4.69) is 32.4 Å². The van der Waals surface area contributed by atoms with E-state index in [0.29, 0.717) is 23.7 Å². The van der Waals surface area contributed by atoms with E-state index in [9.17, 15) is 10.1 Å². The SMILES string of the molecule is CC(Nc1cc(=O)n(CC2CCC2)c2ccc(Cc3ccnc(Cl)c3C#N)cc12)c1ncccn1. The van der Waals surface area contributed by atoms with Crippen molar-refractivity contribution < 1.29 is 0 Å². The summed E-state index contributed by atoms with van der Waals surface area (Å²) in [6, 6.07) is 13.4. The van der Waals surface area contributed by atoms with Gasteiger partial charge in [0.15, 0.2) is 0 Å². The number of hydrogen-bond donors (Lipinski definition) is 1. The molecule has 0 radical (unpaired) electrons. The molecule has 1 saturated carbocycles. The largest absolute Gasteiger partial charge is 0.375 e. The van der Waals surface area contributed by atoms with Crippen LogP contribution in [-0.2, 0) is 13.0 Å². The number of hydrogen-bond acceptors (Lipinski definition) is 6. The van der Waals surface area contributed by atoms with Crippen LogP contribution >= 0.6 is 11.6 Å². The molecule has 1 aliphatic rings. The highest BCUT2D eigenvalue weighted by Gasteiger charge is 2.21. The predicted octanol–water partition coefficient (Wildman–Crippen LogP) is 5.28. The third kappa shape index (κ3) is 4.75. The Kier molecular flexibility index (Phi) is 6.47. The molecule has 8 heteroatoms. The van der Waals surface area contributed by atoms with E-state index in [4.69, 9.17) is 11.6 Å². The summed E-state index contributed by atoms with van der Waals surface area (Å²) in [6.07, 6.45) is 9.11. The summed E-state index contributed by atoms with van der Waals surface area (Å²) in [4.78, 5) is 25.9. The molecule has 0 aliphatic heterocycles. The van der Waals surface area contributed by atoms with E-state index in [0.717, 1.165) is 47.1 Å². The Balaban J connectivity index is 1.58. The van der Waals surface area contributed by atoms with E-state index in [1.807, 2.05) is 29.7 Å². The van der Waals surface area contributed by atoms with Crippen molar-refractivity contribution in [3.8, 4) is 6.07 Å². The van der Waals surface area contributed by atoms with Gasteiger partial charge in [0.1, 0.15) is 17.0 Å². The summed E-state index contributed by atoms with van der Waals surface area (Å²) in [5.41, 5.74) is 3.83. The fourth-order valence-corrected chi connectivity index (χ4v) is 4.79. The smallest absolute Gasteiger partial charge is 0.253 e. The Hall–Kier alpha value is -3.76. The first-order chi connectivity index (χ1) is 17.0. The minimum atomic E-state index is -0.186. The van der Waals surface area contributed by atoms with E-state index in [-0.39, 0.29) is 16.8 Å². The number of halogens is 1. The van der Waals surface area contributed by atoms with E-state index < -0.39 is 0 Å². The summed E-state index contributed by atoms with van der Waals surface area (Å²) >= 11 is 6.14. The van der Waals surface area contributed by atoms with Gasteiger partial charge in [-0.05, 0) is 67.5 Å². The lowest BCUT2D eigenvalue weighted by atomic mass is 9.85. The fraction of sp³-hybridized carbons (Fsp3) is 0.296. The van der Waals surface area contributed by atoms with Crippen LogP contribution in [0.15, 0.2) is 59.8 Å². The summed E-state index contributed by atoms with van der Waals surface area (Å²) < 4.78 is 1.89. The molecule has 1 N–H and O–H groups in total. The van der Waals surface area contributed by atoms with Gasteiger partial charge < -0.3 is 9.88 Å². The third-order valence-electron chi connectivity index (χ3n) is 6.68. The second-order valence-corrected chi connectivity index (χ2v) is 9.41. The van der Waals surface area contributed by atoms with E-state index >= 15 is 0 Å². The number of fused-ring (bicyclic) bond motifs is 1. The number of nitrogens with one attached hydrogen (secondary N) is 1. The van der Waals surface area contributed by atoms with Crippen molar-refractivity contribution in [3.63, 3.8) is 0 Å². The maximum absolute atomic E-state index is 13.2. The monoisotopic (exact) mass is 484 g/mol. The molecule has 0 spiro atoms. The molecule has 4 aromatic rings. The first-order valence-corrected chi connectivity index (χ1v) is 12.1. The van der Waals surface area contributed by atoms with Gasteiger partial charge in [-0.1, -0.05) is 24.1 Å². The van der Waals surface area contributed by atoms with E-state index in [1.165, 1.54) is 6.42 Å². The van der Waals surface area contributed by atoms with E-state index in [1.54, 1.807) is 30.7 Å². The molecule has 3 heterocycles. The quantitative estimate of drug-likeness (QED) is 0.359. The molecular formula is C27H25ClN6O. The topological polar surface area (TPSA) is 96.5 Å². The van der Waals surface area contributed by atoms with Crippen LogP contribution in [0.5, 0.6) is 0 Å². The zero-order valence-corrected chi connectivity index (χ0v) is 20.2. The third-order valence-corrected chi connectivity index (χ3v) is 6.97. The lowest BCUT2D eigenvalue weighted by Crippen LogP contribution is -2.27. The van der Waals surface area contributed by atoms with Crippen molar-refractivity contribution in [1.82, 2.24) is 19.5 Å². The number of pyridine rings is 2. The number of benzene rings is 1. The molecule has 1 atom stereocenters. The Bertz CT molecular complexity index is 1470. The highest BCUT2D eigenvalue weighted by molar-refractivity contribution is 6.30. The van der Waals surface area contributed by atoms with Gasteiger partial charge in [0.05, 0.1) is 17.1 Å². The van der Waals surface area contributed by atoms with Gasteiger partial charge in [-0.25, -0.2) is 15.0 Å². The van der Waals surface area contributed by atoms with Crippen molar-refractivity contribution in [2.24, 2.45) is 5.92 Å². The molecular weight excluding hydrogens is 460 g/mol. The summed E-state index contributed by atoms with van der Waals surface area (Å²) in [7, 11) is 0. The van der Waals surface area contributed by atoms with Crippen molar-refractivity contribution in [2.45, 2.75) is 45.2 Å². The Morgan fingerprint density at radius 1 is 1.17 bits per heavy atom. The second kappa shape index (κ2) is 9.85. The summed E-state index contributed by atoms with van der Waals surface area (Å²) in [5.74, 6) is 1.20. The zero-order valence-electron chi connectivity index (χ0n) is 19.4. The van der Waals surface area contributed by atoms with Crippen molar-refractivity contribution in [3.05, 3.63) is 93.0 Å². The fourth-order valence-electron chi connectivity index (χ4n) is 4.57. The van der Waals surface area contributed by atoms with Crippen LogP contribution in [0.3, 0.4) is 0 Å². The maximum atomic E-state index is 13.2. The minimum absolute atomic E-state index is 0.0199.